The van der Waals surface area contributed by atoms with Crippen molar-refractivity contribution in [3.8, 4) is 0 Å². The molecule has 6 nitrogen and oxygen atoms in total. The summed E-state index contributed by atoms with van der Waals surface area (Å²) in [7, 11) is 1.85. The van der Waals surface area contributed by atoms with Gasteiger partial charge in [-0.1, -0.05) is 0 Å². The van der Waals surface area contributed by atoms with Gasteiger partial charge < -0.3 is 15.5 Å². The van der Waals surface area contributed by atoms with Crippen molar-refractivity contribution in [2.24, 2.45) is 0 Å². The van der Waals surface area contributed by atoms with Gasteiger partial charge in [-0.25, -0.2) is 9.97 Å². The molecule has 1 aromatic heterocycles. The van der Waals surface area contributed by atoms with Crippen molar-refractivity contribution < 1.29 is 4.79 Å². The fourth-order valence-corrected chi connectivity index (χ4v) is 2.24. The minimum absolute atomic E-state index is 0.179. The molecule has 2 N–H and O–H groups in total. The Labute approximate surface area is 126 Å². The van der Waals surface area contributed by atoms with E-state index < -0.39 is 0 Å². The summed E-state index contributed by atoms with van der Waals surface area (Å²) < 4.78 is 0. The van der Waals surface area contributed by atoms with E-state index >= 15 is 0 Å². The van der Waals surface area contributed by atoms with Crippen molar-refractivity contribution in [1.29, 1.82) is 0 Å². The number of nitrogens with zero attached hydrogens (tertiary/aromatic N) is 3. The van der Waals surface area contributed by atoms with E-state index in [1.165, 1.54) is 12.8 Å². The molecule has 1 saturated carbocycles. The number of nitrogens with one attached hydrogen (secondary N) is 2. The highest BCUT2D eigenvalue weighted by Gasteiger charge is 2.27. The van der Waals surface area contributed by atoms with Gasteiger partial charge in [0.2, 0.25) is 5.91 Å². The summed E-state index contributed by atoms with van der Waals surface area (Å²) in [6, 6.07) is 1.88. The van der Waals surface area contributed by atoms with E-state index in [9.17, 15) is 4.79 Å². The zero-order valence-corrected chi connectivity index (χ0v) is 13.1. The van der Waals surface area contributed by atoms with Crippen molar-refractivity contribution >= 4 is 17.5 Å². The summed E-state index contributed by atoms with van der Waals surface area (Å²) in [5.74, 6) is 3.21. The van der Waals surface area contributed by atoms with Crippen molar-refractivity contribution in [3.05, 3.63) is 11.9 Å². The lowest BCUT2D eigenvalue weighted by Gasteiger charge is -2.18. The number of carbonyl (C=O) groups is 1. The van der Waals surface area contributed by atoms with Gasteiger partial charge in [-0.15, -0.1) is 0 Å². The first-order valence-corrected chi connectivity index (χ1v) is 7.76. The largest absolute Gasteiger partial charge is 0.373 e. The third kappa shape index (κ3) is 4.31. The van der Waals surface area contributed by atoms with Crippen molar-refractivity contribution in [1.82, 2.24) is 14.9 Å². The average molecular weight is 291 g/mol. The molecule has 6 heteroatoms. The van der Waals surface area contributed by atoms with Crippen LogP contribution in [0, 0.1) is 0 Å². The highest BCUT2D eigenvalue weighted by molar-refractivity contribution is 5.76. The molecule has 0 aromatic carbocycles. The van der Waals surface area contributed by atoms with E-state index in [0.717, 1.165) is 30.5 Å². The van der Waals surface area contributed by atoms with Crippen LogP contribution in [0.15, 0.2) is 6.07 Å². The van der Waals surface area contributed by atoms with Crippen LogP contribution in [0.2, 0.25) is 0 Å². The fourth-order valence-electron chi connectivity index (χ4n) is 2.24. The van der Waals surface area contributed by atoms with E-state index in [4.69, 9.17) is 0 Å². The summed E-state index contributed by atoms with van der Waals surface area (Å²) in [6.45, 7) is 6.12. The smallest absolute Gasteiger partial charge is 0.224 e. The van der Waals surface area contributed by atoms with Gasteiger partial charge in [0, 0.05) is 45.1 Å². The number of aromatic nitrogens is 2. The second kappa shape index (κ2) is 7.24. The van der Waals surface area contributed by atoms with Crippen LogP contribution in [-0.4, -0.2) is 47.5 Å². The molecular formula is C15H25N5O. The summed E-state index contributed by atoms with van der Waals surface area (Å²) in [5, 5.41) is 6.30. The Morgan fingerprint density at radius 2 is 1.95 bits per heavy atom. The van der Waals surface area contributed by atoms with Gasteiger partial charge in [0.15, 0.2) is 0 Å². The minimum Gasteiger partial charge on any atom is -0.373 e. The Kier molecular flexibility index (Phi) is 5.36. The molecule has 1 heterocycles. The van der Waals surface area contributed by atoms with Crippen LogP contribution in [0.25, 0.3) is 0 Å². The van der Waals surface area contributed by atoms with E-state index in [2.05, 4.69) is 20.6 Å². The highest BCUT2D eigenvalue weighted by Crippen LogP contribution is 2.38. The maximum atomic E-state index is 11.9. The number of hydrogen-bond acceptors (Lipinski definition) is 5. The summed E-state index contributed by atoms with van der Waals surface area (Å²) >= 11 is 0. The van der Waals surface area contributed by atoms with E-state index in [0.29, 0.717) is 18.9 Å². The molecule has 0 unspecified atom stereocenters. The molecular weight excluding hydrogens is 266 g/mol. The number of amides is 1. The first-order valence-electron chi connectivity index (χ1n) is 7.76. The summed E-state index contributed by atoms with van der Waals surface area (Å²) in [5.41, 5.74) is 0. The van der Waals surface area contributed by atoms with Crippen LogP contribution in [0.5, 0.6) is 0 Å². The van der Waals surface area contributed by atoms with E-state index in [-0.39, 0.29) is 5.91 Å². The van der Waals surface area contributed by atoms with E-state index in [1.807, 2.05) is 31.9 Å². The molecule has 0 bridgehead atoms. The molecule has 1 aliphatic rings. The van der Waals surface area contributed by atoms with Crippen LogP contribution < -0.4 is 10.6 Å². The van der Waals surface area contributed by atoms with Crippen molar-refractivity contribution in [2.75, 3.05) is 37.3 Å². The Morgan fingerprint density at radius 1 is 1.29 bits per heavy atom. The minimum atomic E-state index is 0.179. The third-order valence-corrected chi connectivity index (χ3v) is 3.70. The average Bonchev–Trinajstić information content (AvgIpc) is 3.33. The lowest BCUT2D eigenvalue weighted by Crippen LogP contribution is -2.31. The summed E-state index contributed by atoms with van der Waals surface area (Å²) in [4.78, 5) is 22.8. The lowest BCUT2D eigenvalue weighted by atomic mass is 10.3. The SMILES string of the molecule is CCN(CC)C(=O)CCNc1cc(NC)nc(C2CC2)n1. The molecule has 2 rings (SSSR count). The van der Waals surface area contributed by atoms with Crippen LogP contribution in [0.1, 0.15) is 44.9 Å². The maximum absolute atomic E-state index is 11.9. The molecule has 0 aliphatic heterocycles. The Hall–Kier alpha value is -1.85. The van der Waals surface area contributed by atoms with Gasteiger partial charge in [0.1, 0.15) is 17.5 Å². The molecule has 1 fully saturated rings. The first kappa shape index (κ1) is 15.5. The summed E-state index contributed by atoms with van der Waals surface area (Å²) in [6.07, 6.45) is 2.83. The van der Waals surface area contributed by atoms with Crippen LogP contribution in [-0.2, 0) is 4.79 Å². The Bertz CT molecular complexity index is 483. The molecule has 0 atom stereocenters. The molecule has 0 spiro atoms. The fraction of sp³-hybridized carbons (Fsp3) is 0.667. The third-order valence-electron chi connectivity index (χ3n) is 3.70. The number of carbonyl (C=O) groups excluding carboxylic acids is 1. The quantitative estimate of drug-likeness (QED) is 0.767. The standard InChI is InChI=1S/C15H25N5O/c1-4-20(5-2)14(21)8-9-17-13-10-12(16-3)18-15(19-13)11-6-7-11/h10-11H,4-9H2,1-3H3,(H2,16,17,18,19). The Morgan fingerprint density at radius 3 is 2.52 bits per heavy atom. The van der Waals surface area contributed by atoms with Crippen LogP contribution in [0.3, 0.4) is 0 Å². The van der Waals surface area contributed by atoms with Crippen molar-refractivity contribution in [2.45, 2.75) is 39.0 Å². The zero-order chi connectivity index (χ0) is 15.2. The predicted molar refractivity (Wildman–Crippen MR) is 84.6 cm³/mol. The molecule has 21 heavy (non-hydrogen) atoms. The maximum Gasteiger partial charge on any atom is 0.224 e. The topological polar surface area (TPSA) is 70.2 Å². The zero-order valence-electron chi connectivity index (χ0n) is 13.1. The van der Waals surface area contributed by atoms with Gasteiger partial charge in [0.05, 0.1) is 0 Å². The van der Waals surface area contributed by atoms with Gasteiger partial charge in [-0.3, -0.25) is 4.79 Å². The predicted octanol–water partition coefficient (Wildman–Crippen LogP) is 2.07. The van der Waals surface area contributed by atoms with Gasteiger partial charge in [0.25, 0.3) is 0 Å². The normalized spacial score (nSPS) is 13.9. The van der Waals surface area contributed by atoms with Crippen molar-refractivity contribution in [3.63, 3.8) is 0 Å². The molecule has 1 aromatic rings. The second-order valence-corrected chi connectivity index (χ2v) is 5.26. The molecule has 1 amide bonds. The second-order valence-electron chi connectivity index (χ2n) is 5.26. The Balaban J connectivity index is 1.90. The number of rotatable bonds is 8. The van der Waals surface area contributed by atoms with Crippen LogP contribution in [0.4, 0.5) is 11.6 Å². The van der Waals surface area contributed by atoms with Gasteiger partial charge in [-0.05, 0) is 26.7 Å². The van der Waals surface area contributed by atoms with Gasteiger partial charge in [-0.2, -0.15) is 0 Å². The monoisotopic (exact) mass is 291 g/mol. The van der Waals surface area contributed by atoms with E-state index in [1.54, 1.807) is 0 Å². The highest BCUT2D eigenvalue weighted by atomic mass is 16.2. The van der Waals surface area contributed by atoms with Crippen LogP contribution >= 0.6 is 0 Å². The molecule has 116 valence electrons. The molecule has 0 radical (unpaired) electrons. The number of hydrogen-bond donors (Lipinski definition) is 2. The van der Waals surface area contributed by atoms with Gasteiger partial charge >= 0.3 is 0 Å². The first-order chi connectivity index (χ1) is 10.2. The molecule has 0 saturated heterocycles. The molecule has 1 aliphatic carbocycles. The lowest BCUT2D eigenvalue weighted by molar-refractivity contribution is -0.130. The number of anilines is 2.